The molecule has 0 unspecified atom stereocenters. The molecular weight excluding hydrogens is 321 g/mol. The van der Waals surface area contributed by atoms with Crippen LogP contribution in [0.1, 0.15) is 24.2 Å². The van der Waals surface area contributed by atoms with Crippen molar-refractivity contribution in [1.82, 2.24) is 4.90 Å². The number of halogens is 2. The SMILES string of the molecule is CN(C(=O)c1ccc(Cl)c(Br)c1)C(C)(C)C(=O)O. The number of aliphatic carboxylic acids is 1. The topological polar surface area (TPSA) is 57.6 Å². The summed E-state index contributed by atoms with van der Waals surface area (Å²) in [4.78, 5) is 24.4. The van der Waals surface area contributed by atoms with E-state index in [9.17, 15) is 9.59 Å². The first-order chi connectivity index (χ1) is 8.17. The molecule has 1 N–H and O–H groups in total. The smallest absolute Gasteiger partial charge is 0.329 e. The van der Waals surface area contributed by atoms with Gasteiger partial charge in [0, 0.05) is 17.1 Å². The van der Waals surface area contributed by atoms with Gasteiger partial charge in [-0.05, 0) is 48.0 Å². The normalized spacial score (nSPS) is 11.2. The van der Waals surface area contributed by atoms with Crippen LogP contribution in [0.2, 0.25) is 5.02 Å². The number of likely N-dealkylation sites (N-methyl/N-ethyl adjacent to an activating group) is 1. The Morgan fingerprint density at radius 3 is 2.39 bits per heavy atom. The standard InChI is InChI=1S/C12H13BrClNO3/c1-12(2,11(17)18)15(3)10(16)7-4-5-9(14)8(13)6-7/h4-6H,1-3H3,(H,17,18). The second kappa shape index (κ2) is 5.28. The molecule has 0 spiro atoms. The molecule has 1 aromatic rings. The fourth-order valence-corrected chi connectivity index (χ4v) is 1.72. The van der Waals surface area contributed by atoms with E-state index in [-0.39, 0.29) is 5.91 Å². The molecule has 4 nitrogen and oxygen atoms in total. The molecule has 1 amide bonds. The van der Waals surface area contributed by atoms with Gasteiger partial charge in [-0.25, -0.2) is 4.79 Å². The van der Waals surface area contributed by atoms with Gasteiger partial charge in [0.15, 0.2) is 0 Å². The maximum atomic E-state index is 12.2. The molecule has 0 aliphatic carbocycles. The summed E-state index contributed by atoms with van der Waals surface area (Å²) in [6.07, 6.45) is 0. The van der Waals surface area contributed by atoms with Gasteiger partial charge in [0.25, 0.3) is 5.91 Å². The Kier molecular flexibility index (Phi) is 4.40. The molecule has 0 bridgehead atoms. The van der Waals surface area contributed by atoms with E-state index in [2.05, 4.69) is 15.9 Å². The number of rotatable bonds is 3. The first-order valence-corrected chi connectivity index (χ1v) is 6.31. The first kappa shape index (κ1) is 15.0. The van der Waals surface area contributed by atoms with Gasteiger partial charge in [-0.1, -0.05) is 11.6 Å². The number of benzene rings is 1. The van der Waals surface area contributed by atoms with E-state index in [0.717, 1.165) is 0 Å². The number of carboxylic acid groups (broad SMARTS) is 1. The van der Waals surface area contributed by atoms with Gasteiger partial charge in [0.05, 0.1) is 5.02 Å². The third kappa shape index (κ3) is 2.84. The summed E-state index contributed by atoms with van der Waals surface area (Å²) < 4.78 is 0.594. The van der Waals surface area contributed by atoms with Crippen LogP contribution >= 0.6 is 27.5 Å². The molecule has 0 saturated carbocycles. The average Bonchev–Trinajstić information content (AvgIpc) is 2.30. The summed E-state index contributed by atoms with van der Waals surface area (Å²) in [5.41, 5.74) is -0.897. The van der Waals surface area contributed by atoms with Crippen molar-refractivity contribution in [2.24, 2.45) is 0 Å². The van der Waals surface area contributed by atoms with Gasteiger partial charge in [0.1, 0.15) is 5.54 Å². The van der Waals surface area contributed by atoms with Crippen LogP contribution in [0.25, 0.3) is 0 Å². The molecule has 98 valence electrons. The predicted molar refractivity (Wildman–Crippen MR) is 73.0 cm³/mol. The summed E-state index contributed by atoms with van der Waals surface area (Å²) in [6.45, 7) is 2.94. The molecule has 0 saturated heterocycles. The lowest BCUT2D eigenvalue weighted by molar-refractivity contribution is -0.147. The highest BCUT2D eigenvalue weighted by Crippen LogP contribution is 2.25. The van der Waals surface area contributed by atoms with Crippen molar-refractivity contribution in [3.05, 3.63) is 33.3 Å². The molecule has 18 heavy (non-hydrogen) atoms. The monoisotopic (exact) mass is 333 g/mol. The Balaban J connectivity index is 3.07. The van der Waals surface area contributed by atoms with Gasteiger partial charge in [-0.2, -0.15) is 0 Å². The van der Waals surface area contributed by atoms with Crippen molar-refractivity contribution in [2.45, 2.75) is 19.4 Å². The maximum absolute atomic E-state index is 12.2. The highest BCUT2D eigenvalue weighted by molar-refractivity contribution is 9.10. The van der Waals surface area contributed by atoms with E-state index in [0.29, 0.717) is 15.1 Å². The van der Waals surface area contributed by atoms with Crippen molar-refractivity contribution >= 4 is 39.4 Å². The molecular formula is C12H13BrClNO3. The summed E-state index contributed by atoms with van der Waals surface area (Å²) in [6, 6.07) is 4.71. The highest BCUT2D eigenvalue weighted by atomic mass is 79.9. The molecule has 0 atom stereocenters. The van der Waals surface area contributed by atoms with Crippen molar-refractivity contribution in [2.75, 3.05) is 7.05 Å². The van der Waals surface area contributed by atoms with Crippen molar-refractivity contribution in [3.8, 4) is 0 Å². The van der Waals surface area contributed by atoms with Crippen LogP contribution in [0, 0.1) is 0 Å². The van der Waals surface area contributed by atoms with Gasteiger partial charge in [-0.3, -0.25) is 4.79 Å². The van der Waals surface area contributed by atoms with Crippen molar-refractivity contribution in [3.63, 3.8) is 0 Å². The van der Waals surface area contributed by atoms with E-state index in [1.54, 1.807) is 18.2 Å². The van der Waals surface area contributed by atoms with E-state index in [4.69, 9.17) is 16.7 Å². The Bertz CT molecular complexity index is 502. The van der Waals surface area contributed by atoms with Crippen molar-refractivity contribution in [1.29, 1.82) is 0 Å². The second-order valence-corrected chi connectivity index (χ2v) is 5.62. The zero-order valence-corrected chi connectivity index (χ0v) is 12.5. The van der Waals surface area contributed by atoms with Gasteiger partial charge < -0.3 is 10.0 Å². The number of hydrogen-bond acceptors (Lipinski definition) is 2. The van der Waals surface area contributed by atoms with Crippen LogP contribution in [-0.4, -0.2) is 34.5 Å². The molecule has 1 aromatic carbocycles. The van der Waals surface area contributed by atoms with E-state index < -0.39 is 11.5 Å². The quantitative estimate of drug-likeness (QED) is 0.924. The molecule has 0 aliphatic heterocycles. The Morgan fingerprint density at radius 2 is 1.94 bits per heavy atom. The molecule has 0 fully saturated rings. The minimum absolute atomic E-state index is 0.375. The number of nitrogens with zero attached hydrogens (tertiary/aromatic N) is 1. The number of carbonyl (C=O) groups is 2. The third-order valence-electron chi connectivity index (χ3n) is 2.83. The van der Waals surface area contributed by atoms with Gasteiger partial charge in [-0.15, -0.1) is 0 Å². The molecule has 6 heteroatoms. The molecule has 0 radical (unpaired) electrons. The lowest BCUT2D eigenvalue weighted by Crippen LogP contribution is -2.50. The van der Waals surface area contributed by atoms with Crippen LogP contribution in [0.4, 0.5) is 0 Å². The fraction of sp³-hybridized carbons (Fsp3) is 0.333. The summed E-state index contributed by atoms with van der Waals surface area (Å²) in [5, 5.41) is 9.57. The van der Waals surface area contributed by atoms with Gasteiger partial charge in [0.2, 0.25) is 0 Å². The second-order valence-electron chi connectivity index (χ2n) is 4.36. The highest BCUT2D eigenvalue weighted by Gasteiger charge is 2.35. The minimum atomic E-state index is -1.27. The van der Waals surface area contributed by atoms with E-state index >= 15 is 0 Å². The van der Waals surface area contributed by atoms with E-state index in [1.165, 1.54) is 25.8 Å². The maximum Gasteiger partial charge on any atom is 0.329 e. The average molecular weight is 335 g/mol. The van der Waals surface area contributed by atoms with Crippen molar-refractivity contribution < 1.29 is 14.7 Å². The van der Waals surface area contributed by atoms with E-state index in [1.807, 2.05) is 0 Å². The number of carboxylic acids is 1. The predicted octanol–water partition coefficient (Wildman–Crippen LogP) is 3.04. The van der Waals surface area contributed by atoms with Crippen LogP contribution in [0.3, 0.4) is 0 Å². The minimum Gasteiger partial charge on any atom is -0.480 e. The summed E-state index contributed by atoms with van der Waals surface area (Å²) in [5.74, 6) is -1.44. The Hall–Kier alpha value is -1.07. The first-order valence-electron chi connectivity index (χ1n) is 5.14. The molecule has 0 aliphatic rings. The van der Waals surface area contributed by atoms with Crippen LogP contribution in [0.5, 0.6) is 0 Å². The third-order valence-corrected chi connectivity index (χ3v) is 4.05. The molecule has 1 rings (SSSR count). The Labute approximate surface area is 119 Å². The fourth-order valence-electron chi connectivity index (χ4n) is 1.22. The molecule has 0 heterocycles. The Morgan fingerprint density at radius 1 is 1.39 bits per heavy atom. The van der Waals surface area contributed by atoms with Gasteiger partial charge >= 0.3 is 5.97 Å². The number of hydrogen-bond donors (Lipinski definition) is 1. The summed E-state index contributed by atoms with van der Waals surface area (Å²) in [7, 11) is 1.46. The lowest BCUT2D eigenvalue weighted by Gasteiger charge is -2.31. The van der Waals surface area contributed by atoms with Crippen LogP contribution in [0.15, 0.2) is 22.7 Å². The van der Waals surface area contributed by atoms with Crippen LogP contribution < -0.4 is 0 Å². The molecule has 0 aromatic heterocycles. The van der Waals surface area contributed by atoms with Crippen LogP contribution in [-0.2, 0) is 4.79 Å². The number of carbonyl (C=O) groups excluding carboxylic acids is 1. The lowest BCUT2D eigenvalue weighted by atomic mass is 10.0. The largest absolute Gasteiger partial charge is 0.480 e. The summed E-state index contributed by atoms with van der Waals surface area (Å²) >= 11 is 9.06. The zero-order valence-electron chi connectivity index (χ0n) is 10.2. The number of amides is 1. The zero-order chi connectivity index (χ0) is 14.1.